The van der Waals surface area contributed by atoms with Crippen molar-refractivity contribution < 1.29 is 8.42 Å². The molecular formula is C16H30N2O2S. The van der Waals surface area contributed by atoms with Crippen molar-refractivity contribution in [2.24, 2.45) is 5.92 Å². The minimum atomic E-state index is -3.07. The van der Waals surface area contributed by atoms with E-state index in [9.17, 15) is 8.42 Å². The second-order valence-electron chi connectivity index (χ2n) is 7.23. The van der Waals surface area contributed by atoms with Crippen LogP contribution in [0.4, 0.5) is 0 Å². The first-order valence-corrected chi connectivity index (χ1v) is 10.5. The number of hydrogen-bond donors (Lipinski definition) is 1. The summed E-state index contributed by atoms with van der Waals surface area (Å²) in [5, 5.41) is 3.53. The fraction of sp³-hybridized carbons (Fsp3) is 1.00. The van der Waals surface area contributed by atoms with E-state index in [1.54, 1.807) is 0 Å². The van der Waals surface area contributed by atoms with Crippen LogP contribution in [0.5, 0.6) is 0 Å². The zero-order chi connectivity index (χ0) is 14.7. The Balaban J connectivity index is 1.59. The van der Waals surface area contributed by atoms with E-state index in [0.29, 0.717) is 17.7 Å². The van der Waals surface area contributed by atoms with Crippen LogP contribution in [-0.2, 0) is 10.0 Å². The number of hydrogen-bond acceptors (Lipinski definition) is 3. The van der Waals surface area contributed by atoms with E-state index < -0.39 is 10.0 Å². The highest BCUT2D eigenvalue weighted by Crippen LogP contribution is 2.28. The van der Waals surface area contributed by atoms with Crippen molar-refractivity contribution in [2.45, 2.75) is 76.3 Å². The summed E-state index contributed by atoms with van der Waals surface area (Å²) in [6, 6.07) is 0.864. The molecule has 122 valence electrons. The van der Waals surface area contributed by atoms with Crippen LogP contribution in [0.1, 0.15) is 64.2 Å². The van der Waals surface area contributed by atoms with Gasteiger partial charge in [-0.1, -0.05) is 25.7 Å². The fourth-order valence-corrected chi connectivity index (χ4v) is 6.04. The van der Waals surface area contributed by atoms with Crippen LogP contribution in [0.3, 0.4) is 0 Å². The molecule has 1 atom stereocenters. The van der Waals surface area contributed by atoms with Crippen molar-refractivity contribution in [2.75, 3.05) is 18.8 Å². The molecule has 2 saturated carbocycles. The average Bonchev–Trinajstić information content (AvgIpc) is 3.30. The molecule has 0 amide bonds. The van der Waals surface area contributed by atoms with Crippen molar-refractivity contribution in [3.8, 4) is 0 Å². The van der Waals surface area contributed by atoms with Gasteiger partial charge >= 0.3 is 0 Å². The largest absolute Gasteiger partial charge is 0.312 e. The predicted octanol–water partition coefficient (Wildman–Crippen LogP) is 2.50. The van der Waals surface area contributed by atoms with E-state index in [4.69, 9.17) is 0 Å². The Bertz CT molecular complexity index is 428. The van der Waals surface area contributed by atoms with E-state index in [1.165, 1.54) is 38.5 Å². The third-order valence-electron chi connectivity index (χ3n) is 5.32. The summed E-state index contributed by atoms with van der Waals surface area (Å²) >= 11 is 0. The number of sulfonamides is 1. The van der Waals surface area contributed by atoms with Crippen LogP contribution < -0.4 is 5.32 Å². The Hall–Kier alpha value is -0.130. The fourth-order valence-electron chi connectivity index (χ4n) is 3.88. The van der Waals surface area contributed by atoms with Crippen molar-refractivity contribution in [3.63, 3.8) is 0 Å². The van der Waals surface area contributed by atoms with Crippen LogP contribution >= 0.6 is 0 Å². The van der Waals surface area contributed by atoms with Crippen LogP contribution in [0.2, 0.25) is 0 Å². The van der Waals surface area contributed by atoms with Gasteiger partial charge in [-0.15, -0.1) is 0 Å². The van der Waals surface area contributed by atoms with E-state index >= 15 is 0 Å². The van der Waals surface area contributed by atoms with Gasteiger partial charge < -0.3 is 5.32 Å². The molecule has 3 aliphatic rings. The van der Waals surface area contributed by atoms with Gasteiger partial charge in [0, 0.05) is 25.2 Å². The van der Waals surface area contributed by atoms with Gasteiger partial charge in [-0.25, -0.2) is 8.42 Å². The van der Waals surface area contributed by atoms with E-state index in [2.05, 4.69) is 5.32 Å². The molecule has 0 aromatic carbocycles. The summed E-state index contributed by atoms with van der Waals surface area (Å²) in [5.74, 6) is 0.801. The molecule has 1 saturated heterocycles. The quantitative estimate of drug-likeness (QED) is 0.819. The molecule has 1 heterocycles. The molecule has 0 radical (unpaired) electrons. The smallest absolute Gasteiger partial charge is 0.214 e. The van der Waals surface area contributed by atoms with E-state index in [1.807, 2.05) is 4.31 Å². The zero-order valence-electron chi connectivity index (χ0n) is 13.1. The van der Waals surface area contributed by atoms with Crippen LogP contribution in [0.25, 0.3) is 0 Å². The molecule has 4 nitrogen and oxygen atoms in total. The molecule has 0 bridgehead atoms. The standard InChI is InChI=1S/C16H30N2O2S/c19-21(20,13-14-6-2-1-3-7-14)18-11-5-4-8-16(18)12-17-15-9-10-15/h14-17H,1-13H2. The minimum Gasteiger partial charge on any atom is -0.312 e. The minimum absolute atomic E-state index is 0.202. The Morgan fingerprint density at radius 1 is 0.905 bits per heavy atom. The topological polar surface area (TPSA) is 49.4 Å². The Morgan fingerprint density at radius 2 is 1.62 bits per heavy atom. The maximum atomic E-state index is 12.8. The van der Waals surface area contributed by atoms with Crippen molar-refractivity contribution in [3.05, 3.63) is 0 Å². The first-order valence-electron chi connectivity index (χ1n) is 8.88. The molecule has 1 N–H and O–H groups in total. The lowest BCUT2D eigenvalue weighted by Crippen LogP contribution is -2.50. The second-order valence-corrected chi connectivity index (χ2v) is 9.19. The van der Waals surface area contributed by atoms with E-state index in [-0.39, 0.29) is 6.04 Å². The summed E-state index contributed by atoms with van der Waals surface area (Å²) in [6.45, 7) is 1.60. The Kier molecular flexibility index (Phi) is 5.23. The molecule has 5 heteroatoms. The molecule has 0 aromatic heterocycles. The highest BCUT2D eigenvalue weighted by Gasteiger charge is 2.35. The lowest BCUT2D eigenvalue weighted by atomic mass is 9.91. The van der Waals surface area contributed by atoms with Gasteiger partial charge in [0.05, 0.1) is 5.75 Å². The maximum absolute atomic E-state index is 12.8. The highest BCUT2D eigenvalue weighted by molar-refractivity contribution is 7.89. The lowest BCUT2D eigenvalue weighted by molar-refractivity contribution is 0.242. The van der Waals surface area contributed by atoms with Crippen molar-refractivity contribution in [1.82, 2.24) is 9.62 Å². The second kappa shape index (κ2) is 6.97. The molecular weight excluding hydrogens is 284 g/mol. The Labute approximate surface area is 129 Å². The summed E-state index contributed by atoms with van der Waals surface area (Å²) < 4.78 is 27.5. The molecule has 0 aromatic rings. The first-order chi connectivity index (χ1) is 10.1. The van der Waals surface area contributed by atoms with Gasteiger partial charge in [0.25, 0.3) is 0 Å². The molecule has 0 spiro atoms. The molecule has 1 unspecified atom stereocenters. The molecule has 3 fully saturated rings. The highest BCUT2D eigenvalue weighted by atomic mass is 32.2. The summed E-state index contributed by atoms with van der Waals surface area (Å²) in [7, 11) is -3.07. The third-order valence-corrected chi connectivity index (χ3v) is 7.41. The number of rotatable bonds is 6. The van der Waals surface area contributed by atoms with Crippen LogP contribution in [-0.4, -0.2) is 43.6 Å². The molecule has 21 heavy (non-hydrogen) atoms. The SMILES string of the molecule is O=S(=O)(CC1CCCCC1)N1CCCCC1CNC1CC1. The van der Waals surface area contributed by atoms with Crippen molar-refractivity contribution in [1.29, 1.82) is 0 Å². The third kappa shape index (κ3) is 4.42. The van der Waals surface area contributed by atoms with Crippen molar-refractivity contribution >= 4 is 10.0 Å². The van der Waals surface area contributed by atoms with Gasteiger partial charge in [0.1, 0.15) is 0 Å². The first kappa shape index (κ1) is 15.8. The van der Waals surface area contributed by atoms with Gasteiger partial charge in [0.15, 0.2) is 0 Å². The molecule has 3 rings (SSSR count). The number of nitrogens with one attached hydrogen (secondary N) is 1. The van der Waals surface area contributed by atoms with Gasteiger partial charge in [-0.05, 0) is 44.4 Å². The average molecular weight is 314 g/mol. The maximum Gasteiger partial charge on any atom is 0.214 e. The van der Waals surface area contributed by atoms with Crippen LogP contribution in [0.15, 0.2) is 0 Å². The summed E-state index contributed by atoms with van der Waals surface area (Å²) in [5.41, 5.74) is 0. The summed E-state index contributed by atoms with van der Waals surface area (Å²) in [6.07, 6.45) is 11.7. The van der Waals surface area contributed by atoms with Gasteiger partial charge in [-0.3, -0.25) is 0 Å². The zero-order valence-corrected chi connectivity index (χ0v) is 13.9. The van der Waals surface area contributed by atoms with Gasteiger partial charge in [-0.2, -0.15) is 4.31 Å². The monoisotopic (exact) mass is 314 g/mol. The molecule has 1 aliphatic heterocycles. The number of piperidine rings is 1. The number of nitrogens with zero attached hydrogens (tertiary/aromatic N) is 1. The normalized spacial score (nSPS) is 29.6. The molecule has 2 aliphatic carbocycles. The van der Waals surface area contributed by atoms with E-state index in [0.717, 1.165) is 38.8 Å². The lowest BCUT2D eigenvalue weighted by Gasteiger charge is -2.36. The Morgan fingerprint density at radius 3 is 2.33 bits per heavy atom. The summed E-state index contributed by atoms with van der Waals surface area (Å²) in [4.78, 5) is 0. The van der Waals surface area contributed by atoms with Gasteiger partial charge in [0.2, 0.25) is 10.0 Å². The van der Waals surface area contributed by atoms with Crippen LogP contribution in [0, 0.1) is 5.92 Å². The predicted molar refractivity (Wildman–Crippen MR) is 85.7 cm³/mol.